The minimum atomic E-state index is 0.229. The van der Waals surface area contributed by atoms with Crippen LogP contribution in [0.4, 0.5) is 0 Å². The van der Waals surface area contributed by atoms with Crippen LogP contribution in [0.1, 0.15) is 45.1 Å². The van der Waals surface area contributed by atoms with Crippen LogP contribution in [0.3, 0.4) is 0 Å². The molecule has 0 radical (unpaired) electrons. The van der Waals surface area contributed by atoms with E-state index in [2.05, 4.69) is 48.8 Å². The Balaban J connectivity index is 2.68. The Morgan fingerprint density at radius 2 is 2.00 bits per heavy atom. The lowest BCUT2D eigenvalue weighted by atomic mass is 9.84. The van der Waals surface area contributed by atoms with E-state index in [4.69, 9.17) is 0 Å². The summed E-state index contributed by atoms with van der Waals surface area (Å²) < 4.78 is 1.08. The molecule has 90 valence electrons. The Morgan fingerprint density at radius 1 is 1.31 bits per heavy atom. The van der Waals surface area contributed by atoms with E-state index in [1.54, 1.807) is 0 Å². The van der Waals surface area contributed by atoms with Crippen molar-refractivity contribution in [1.29, 1.82) is 0 Å². The standard InChI is InChI=1S/C14H21BrO/c1-14(2,3)8-7-12(10-16)11-5-4-6-13(15)9-11/h4-6,9,12,16H,7-8,10H2,1-3H3. The molecule has 1 rings (SSSR count). The second-order valence-corrected chi connectivity index (χ2v) is 6.45. The molecule has 0 amide bonds. The number of rotatable bonds is 4. The maximum absolute atomic E-state index is 9.45. The van der Waals surface area contributed by atoms with E-state index in [9.17, 15) is 5.11 Å². The van der Waals surface area contributed by atoms with Gasteiger partial charge < -0.3 is 5.11 Å². The van der Waals surface area contributed by atoms with Gasteiger partial charge in [-0.15, -0.1) is 0 Å². The topological polar surface area (TPSA) is 20.2 Å². The number of hydrogen-bond donors (Lipinski definition) is 1. The smallest absolute Gasteiger partial charge is 0.0499 e. The van der Waals surface area contributed by atoms with Gasteiger partial charge >= 0.3 is 0 Å². The second kappa shape index (κ2) is 5.83. The van der Waals surface area contributed by atoms with E-state index >= 15 is 0 Å². The van der Waals surface area contributed by atoms with Gasteiger partial charge in [0.1, 0.15) is 0 Å². The monoisotopic (exact) mass is 284 g/mol. The van der Waals surface area contributed by atoms with Crippen LogP contribution in [0.25, 0.3) is 0 Å². The third kappa shape index (κ3) is 4.67. The molecule has 0 fully saturated rings. The van der Waals surface area contributed by atoms with Gasteiger partial charge in [0.05, 0.1) is 0 Å². The summed E-state index contributed by atoms with van der Waals surface area (Å²) in [6.45, 7) is 6.94. The van der Waals surface area contributed by atoms with Gasteiger partial charge in [0.2, 0.25) is 0 Å². The molecule has 0 saturated heterocycles. The predicted octanol–water partition coefficient (Wildman–Crippen LogP) is 4.35. The lowest BCUT2D eigenvalue weighted by molar-refractivity contribution is 0.241. The maximum Gasteiger partial charge on any atom is 0.0499 e. The van der Waals surface area contributed by atoms with Gasteiger partial charge in [-0.3, -0.25) is 0 Å². The van der Waals surface area contributed by atoms with Crippen molar-refractivity contribution in [3.8, 4) is 0 Å². The summed E-state index contributed by atoms with van der Waals surface area (Å²) in [7, 11) is 0. The van der Waals surface area contributed by atoms with Gasteiger partial charge in [-0.25, -0.2) is 0 Å². The summed E-state index contributed by atoms with van der Waals surface area (Å²) in [6, 6.07) is 8.23. The van der Waals surface area contributed by atoms with Crippen molar-refractivity contribution in [3.05, 3.63) is 34.3 Å². The SMILES string of the molecule is CC(C)(C)CCC(CO)c1cccc(Br)c1. The highest BCUT2D eigenvalue weighted by Gasteiger charge is 2.16. The summed E-state index contributed by atoms with van der Waals surface area (Å²) in [5.41, 5.74) is 1.56. The fourth-order valence-corrected chi connectivity index (χ4v) is 2.15. The summed E-state index contributed by atoms with van der Waals surface area (Å²) in [5.74, 6) is 0.261. The highest BCUT2D eigenvalue weighted by atomic mass is 79.9. The minimum Gasteiger partial charge on any atom is -0.396 e. The largest absolute Gasteiger partial charge is 0.396 e. The molecular weight excluding hydrogens is 264 g/mol. The number of halogens is 1. The highest BCUT2D eigenvalue weighted by Crippen LogP contribution is 2.29. The summed E-state index contributed by atoms with van der Waals surface area (Å²) >= 11 is 3.47. The van der Waals surface area contributed by atoms with Gasteiger partial charge in [-0.05, 0) is 36.0 Å². The van der Waals surface area contributed by atoms with E-state index in [1.807, 2.05) is 12.1 Å². The van der Waals surface area contributed by atoms with Gasteiger partial charge in [-0.1, -0.05) is 48.8 Å². The quantitative estimate of drug-likeness (QED) is 0.872. The fourth-order valence-electron chi connectivity index (χ4n) is 1.73. The average molecular weight is 285 g/mol. The Hall–Kier alpha value is -0.340. The number of hydrogen-bond acceptors (Lipinski definition) is 1. The predicted molar refractivity (Wildman–Crippen MR) is 72.7 cm³/mol. The van der Waals surface area contributed by atoms with Crippen LogP contribution in [0.5, 0.6) is 0 Å². The minimum absolute atomic E-state index is 0.229. The first-order valence-corrected chi connectivity index (χ1v) is 6.58. The van der Waals surface area contributed by atoms with Crippen LogP contribution >= 0.6 is 15.9 Å². The van der Waals surface area contributed by atoms with Crippen molar-refractivity contribution in [2.75, 3.05) is 6.61 Å². The molecule has 1 N–H and O–H groups in total. The molecule has 0 bridgehead atoms. The zero-order chi connectivity index (χ0) is 12.2. The van der Waals surface area contributed by atoms with Crippen LogP contribution < -0.4 is 0 Å². The van der Waals surface area contributed by atoms with E-state index < -0.39 is 0 Å². The summed E-state index contributed by atoms with van der Waals surface area (Å²) in [4.78, 5) is 0. The number of benzene rings is 1. The van der Waals surface area contributed by atoms with Crippen molar-refractivity contribution < 1.29 is 5.11 Å². The van der Waals surface area contributed by atoms with Crippen molar-refractivity contribution in [2.45, 2.75) is 39.5 Å². The first-order valence-electron chi connectivity index (χ1n) is 5.79. The molecule has 0 spiro atoms. The van der Waals surface area contributed by atoms with Crippen LogP contribution in [0, 0.1) is 5.41 Å². The van der Waals surface area contributed by atoms with Crippen LogP contribution in [0.15, 0.2) is 28.7 Å². The van der Waals surface area contributed by atoms with Crippen molar-refractivity contribution in [2.24, 2.45) is 5.41 Å². The normalized spacial score (nSPS) is 13.8. The zero-order valence-corrected chi connectivity index (χ0v) is 11.9. The van der Waals surface area contributed by atoms with E-state index in [0.717, 1.165) is 17.3 Å². The lowest BCUT2D eigenvalue weighted by Gasteiger charge is -2.22. The van der Waals surface area contributed by atoms with Crippen molar-refractivity contribution >= 4 is 15.9 Å². The Kier molecular flexibility index (Phi) is 5.00. The van der Waals surface area contributed by atoms with Gasteiger partial charge in [0, 0.05) is 17.0 Å². The molecule has 1 unspecified atom stereocenters. The Labute approximate surface area is 107 Å². The van der Waals surface area contributed by atoms with Gasteiger partial charge in [0.25, 0.3) is 0 Å². The molecule has 0 heterocycles. The molecule has 2 heteroatoms. The fraction of sp³-hybridized carbons (Fsp3) is 0.571. The molecule has 0 aliphatic rings. The van der Waals surface area contributed by atoms with Gasteiger partial charge in [0.15, 0.2) is 0 Å². The van der Waals surface area contributed by atoms with Crippen molar-refractivity contribution in [1.82, 2.24) is 0 Å². The molecule has 16 heavy (non-hydrogen) atoms. The van der Waals surface area contributed by atoms with E-state index in [0.29, 0.717) is 5.41 Å². The molecular formula is C14H21BrO. The first kappa shape index (κ1) is 13.7. The zero-order valence-electron chi connectivity index (χ0n) is 10.3. The number of aliphatic hydroxyl groups excluding tert-OH is 1. The molecule has 0 saturated carbocycles. The van der Waals surface area contributed by atoms with Crippen LogP contribution in [-0.4, -0.2) is 11.7 Å². The molecule has 1 aromatic rings. The number of aliphatic hydroxyl groups is 1. The molecule has 0 aromatic heterocycles. The molecule has 1 nitrogen and oxygen atoms in total. The third-order valence-electron chi connectivity index (χ3n) is 2.78. The first-order chi connectivity index (χ1) is 7.42. The van der Waals surface area contributed by atoms with Crippen molar-refractivity contribution in [3.63, 3.8) is 0 Å². The van der Waals surface area contributed by atoms with Gasteiger partial charge in [-0.2, -0.15) is 0 Å². The van der Waals surface area contributed by atoms with Crippen LogP contribution in [-0.2, 0) is 0 Å². The molecule has 0 aliphatic heterocycles. The van der Waals surface area contributed by atoms with E-state index in [1.165, 1.54) is 5.56 Å². The molecule has 1 aromatic carbocycles. The second-order valence-electron chi connectivity index (χ2n) is 5.53. The third-order valence-corrected chi connectivity index (χ3v) is 3.28. The van der Waals surface area contributed by atoms with E-state index in [-0.39, 0.29) is 12.5 Å². The highest BCUT2D eigenvalue weighted by molar-refractivity contribution is 9.10. The molecule has 1 atom stereocenters. The molecule has 0 aliphatic carbocycles. The lowest BCUT2D eigenvalue weighted by Crippen LogP contribution is -2.11. The van der Waals surface area contributed by atoms with Crippen LogP contribution in [0.2, 0.25) is 0 Å². The average Bonchev–Trinajstić information content (AvgIpc) is 2.17. The maximum atomic E-state index is 9.45. The Morgan fingerprint density at radius 3 is 2.50 bits per heavy atom. The summed E-state index contributed by atoms with van der Waals surface area (Å²) in [6.07, 6.45) is 2.17. The Bertz CT molecular complexity index is 328. The summed E-state index contributed by atoms with van der Waals surface area (Å²) in [5, 5.41) is 9.45.